The lowest BCUT2D eigenvalue weighted by Gasteiger charge is -2.19. The summed E-state index contributed by atoms with van der Waals surface area (Å²) in [7, 11) is 0. The molecule has 0 aliphatic carbocycles. The summed E-state index contributed by atoms with van der Waals surface area (Å²) in [5.41, 5.74) is 0.416. The summed E-state index contributed by atoms with van der Waals surface area (Å²) in [6, 6.07) is 7.19. The van der Waals surface area contributed by atoms with Crippen LogP contribution in [0.2, 0.25) is 0 Å². The van der Waals surface area contributed by atoms with Gasteiger partial charge >= 0.3 is 0 Å². The molecular formula is C20H18F2N6O. The molecule has 4 rings (SSSR count). The highest BCUT2D eigenvalue weighted by Gasteiger charge is 2.28. The summed E-state index contributed by atoms with van der Waals surface area (Å²) in [4.78, 5) is 20.5. The Morgan fingerprint density at radius 2 is 1.90 bits per heavy atom. The first-order valence-corrected chi connectivity index (χ1v) is 9.05. The van der Waals surface area contributed by atoms with Crippen molar-refractivity contribution in [2.75, 3.05) is 18.4 Å². The Balaban J connectivity index is 1.34. The lowest BCUT2D eigenvalue weighted by Crippen LogP contribution is -2.27. The zero-order valence-electron chi connectivity index (χ0n) is 15.6. The Morgan fingerprint density at radius 3 is 2.69 bits per heavy atom. The molecule has 2 aromatic heterocycles. The number of ether oxygens (including phenoxy) is 1. The topological polar surface area (TPSA) is 85.2 Å². The summed E-state index contributed by atoms with van der Waals surface area (Å²) >= 11 is 0. The molecule has 0 spiro atoms. The number of benzene rings is 1. The maximum atomic E-state index is 13.9. The van der Waals surface area contributed by atoms with Crippen molar-refractivity contribution in [1.82, 2.24) is 19.9 Å². The maximum Gasteiger partial charge on any atom is 0.251 e. The number of dihydropyridines is 1. The molecule has 148 valence electrons. The van der Waals surface area contributed by atoms with E-state index in [0.717, 1.165) is 18.1 Å². The van der Waals surface area contributed by atoms with Crippen LogP contribution in [0.5, 0.6) is 5.75 Å². The van der Waals surface area contributed by atoms with Gasteiger partial charge in [0.2, 0.25) is 0 Å². The van der Waals surface area contributed by atoms with Gasteiger partial charge in [-0.1, -0.05) is 12.1 Å². The van der Waals surface area contributed by atoms with Gasteiger partial charge in [0.25, 0.3) is 5.90 Å². The third-order valence-electron chi connectivity index (χ3n) is 4.28. The molecule has 1 aliphatic rings. The number of aromatic nitrogens is 4. The van der Waals surface area contributed by atoms with Crippen LogP contribution in [0, 0.1) is 0 Å². The number of alkyl halides is 1. The van der Waals surface area contributed by atoms with E-state index in [4.69, 9.17) is 4.74 Å². The van der Waals surface area contributed by atoms with Gasteiger partial charge in [-0.2, -0.15) is 0 Å². The van der Waals surface area contributed by atoms with E-state index in [2.05, 4.69) is 30.2 Å². The summed E-state index contributed by atoms with van der Waals surface area (Å²) in [6.07, 6.45) is 6.23. The Bertz CT molecular complexity index is 1080. The van der Waals surface area contributed by atoms with E-state index in [1.54, 1.807) is 24.5 Å². The third-order valence-corrected chi connectivity index (χ3v) is 4.28. The van der Waals surface area contributed by atoms with Gasteiger partial charge in [0.05, 0.1) is 6.54 Å². The standard InChI is InChI=1S/C20H18F2N6O/c1-20(22)10-15(21)19(26-11-20)29-14-4-2-13(3-5-14)6-7-24-17-16-18(28-12-27-17)25-9-8-23-16/h2-5,8-10,12H,6-7,11H2,1H3,(H,24,25,27,28). The van der Waals surface area contributed by atoms with Crippen molar-refractivity contribution in [3.05, 3.63) is 60.5 Å². The molecule has 9 heteroatoms. The second-order valence-corrected chi connectivity index (χ2v) is 6.77. The second-order valence-electron chi connectivity index (χ2n) is 6.77. The number of hydrogen-bond donors (Lipinski definition) is 1. The lowest BCUT2D eigenvalue weighted by atomic mass is 10.1. The van der Waals surface area contributed by atoms with Gasteiger partial charge in [0, 0.05) is 18.9 Å². The minimum Gasteiger partial charge on any atom is -0.437 e. The molecule has 0 fully saturated rings. The van der Waals surface area contributed by atoms with Crippen molar-refractivity contribution in [2.24, 2.45) is 4.99 Å². The summed E-state index contributed by atoms with van der Waals surface area (Å²) in [5.74, 6) is 0.0602. The zero-order chi connectivity index (χ0) is 20.3. The van der Waals surface area contributed by atoms with E-state index in [1.807, 2.05) is 12.1 Å². The fourth-order valence-electron chi connectivity index (χ4n) is 2.84. The fourth-order valence-corrected chi connectivity index (χ4v) is 2.84. The summed E-state index contributed by atoms with van der Waals surface area (Å²) in [5, 5.41) is 3.23. The van der Waals surface area contributed by atoms with Gasteiger partial charge in [-0.05, 0) is 37.1 Å². The van der Waals surface area contributed by atoms with Crippen molar-refractivity contribution in [1.29, 1.82) is 0 Å². The van der Waals surface area contributed by atoms with E-state index < -0.39 is 11.5 Å². The highest BCUT2D eigenvalue weighted by atomic mass is 19.1. The number of anilines is 1. The van der Waals surface area contributed by atoms with Gasteiger partial charge in [0.1, 0.15) is 23.3 Å². The molecule has 1 N–H and O–H groups in total. The minimum atomic E-state index is -1.78. The van der Waals surface area contributed by atoms with E-state index in [1.165, 1.54) is 13.3 Å². The SMILES string of the molecule is CC1(F)C=C(F)C(Oc2ccc(CCNc3ncnc4nccnc34)cc2)=NC1. The van der Waals surface area contributed by atoms with E-state index in [9.17, 15) is 8.78 Å². The first-order valence-electron chi connectivity index (χ1n) is 9.05. The summed E-state index contributed by atoms with van der Waals surface area (Å²) in [6.45, 7) is 1.73. The van der Waals surface area contributed by atoms with E-state index >= 15 is 0 Å². The highest BCUT2D eigenvalue weighted by Crippen LogP contribution is 2.24. The van der Waals surface area contributed by atoms with Crippen LogP contribution in [0.1, 0.15) is 12.5 Å². The molecule has 0 saturated heterocycles. The number of fused-ring (bicyclic) bond motifs is 1. The third kappa shape index (κ3) is 4.50. The molecule has 0 bridgehead atoms. The van der Waals surface area contributed by atoms with Crippen LogP contribution >= 0.6 is 0 Å². The molecule has 3 aromatic rings. The number of nitrogens with one attached hydrogen (secondary N) is 1. The van der Waals surface area contributed by atoms with Gasteiger partial charge < -0.3 is 10.1 Å². The smallest absolute Gasteiger partial charge is 0.251 e. The number of nitrogens with zero attached hydrogens (tertiary/aromatic N) is 5. The van der Waals surface area contributed by atoms with Crippen molar-refractivity contribution < 1.29 is 13.5 Å². The number of hydrogen-bond acceptors (Lipinski definition) is 7. The molecule has 0 radical (unpaired) electrons. The predicted molar refractivity (Wildman–Crippen MR) is 105 cm³/mol. The Morgan fingerprint density at radius 1 is 1.10 bits per heavy atom. The maximum absolute atomic E-state index is 13.9. The van der Waals surface area contributed by atoms with Crippen LogP contribution in [-0.2, 0) is 6.42 Å². The molecule has 0 saturated carbocycles. The Labute approximate surface area is 165 Å². The fraction of sp³-hybridized carbons (Fsp3) is 0.250. The molecule has 1 aromatic carbocycles. The summed E-state index contributed by atoms with van der Waals surface area (Å²) < 4.78 is 33.0. The Hall–Kier alpha value is -3.49. The van der Waals surface area contributed by atoms with Crippen LogP contribution < -0.4 is 10.1 Å². The van der Waals surface area contributed by atoms with Gasteiger partial charge in [0.15, 0.2) is 17.3 Å². The average Bonchev–Trinajstić information content (AvgIpc) is 2.71. The number of halogens is 2. The molecule has 29 heavy (non-hydrogen) atoms. The monoisotopic (exact) mass is 396 g/mol. The molecule has 1 atom stereocenters. The largest absolute Gasteiger partial charge is 0.437 e. The highest BCUT2D eigenvalue weighted by molar-refractivity contribution is 5.94. The quantitative estimate of drug-likeness (QED) is 0.711. The van der Waals surface area contributed by atoms with Crippen molar-refractivity contribution in [2.45, 2.75) is 19.0 Å². The molecule has 3 heterocycles. The predicted octanol–water partition coefficient (Wildman–Crippen LogP) is 3.45. The minimum absolute atomic E-state index is 0.165. The van der Waals surface area contributed by atoms with Crippen molar-refractivity contribution in [3.63, 3.8) is 0 Å². The van der Waals surface area contributed by atoms with E-state index in [0.29, 0.717) is 29.3 Å². The van der Waals surface area contributed by atoms with Gasteiger partial charge in [-0.25, -0.2) is 33.7 Å². The molecule has 1 unspecified atom stereocenters. The van der Waals surface area contributed by atoms with Crippen LogP contribution in [0.15, 0.2) is 59.9 Å². The molecule has 1 aliphatic heterocycles. The Kier molecular flexibility index (Phi) is 5.11. The van der Waals surface area contributed by atoms with Crippen LogP contribution in [0.3, 0.4) is 0 Å². The van der Waals surface area contributed by atoms with Crippen LogP contribution in [0.4, 0.5) is 14.6 Å². The lowest BCUT2D eigenvalue weighted by molar-refractivity contribution is 0.258. The van der Waals surface area contributed by atoms with Crippen LogP contribution in [-0.4, -0.2) is 44.6 Å². The first-order chi connectivity index (χ1) is 14.0. The van der Waals surface area contributed by atoms with Gasteiger partial charge in [-0.15, -0.1) is 0 Å². The van der Waals surface area contributed by atoms with Gasteiger partial charge in [-0.3, -0.25) is 0 Å². The number of aliphatic imine (C=N–C) groups is 1. The van der Waals surface area contributed by atoms with Crippen LogP contribution in [0.25, 0.3) is 11.2 Å². The first kappa shape index (κ1) is 18.9. The molecule has 7 nitrogen and oxygen atoms in total. The van der Waals surface area contributed by atoms with Crippen molar-refractivity contribution >= 4 is 22.9 Å². The van der Waals surface area contributed by atoms with E-state index in [-0.39, 0.29) is 12.4 Å². The normalized spacial score (nSPS) is 18.9. The number of rotatable bonds is 5. The second kappa shape index (κ2) is 7.86. The molecule has 0 amide bonds. The molecular weight excluding hydrogens is 378 g/mol. The average molecular weight is 396 g/mol. The zero-order valence-corrected chi connectivity index (χ0v) is 15.6. The van der Waals surface area contributed by atoms with Crippen molar-refractivity contribution in [3.8, 4) is 5.75 Å².